The molecule has 0 radical (unpaired) electrons. The van der Waals surface area contributed by atoms with Gasteiger partial charge in [-0.2, -0.15) is 0 Å². The lowest BCUT2D eigenvalue weighted by molar-refractivity contribution is -0.131. The van der Waals surface area contributed by atoms with Crippen molar-refractivity contribution in [3.63, 3.8) is 0 Å². The maximum Gasteiger partial charge on any atom is 0.270 e. The summed E-state index contributed by atoms with van der Waals surface area (Å²) >= 11 is 0. The van der Waals surface area contributed by atoms with Crippen LogP contribution in [0.25, 0.3) is 0 Å². The van der Waals surface area contributed by atoms with Crippen LogP contribution in [0, 0.1) is 0 Å². The first-order valence-electron chi connectivity index (χ1n) is 6.36. The first-order chi connectivity index (χ1) is 9.39. The molecule has 0 aromatic heterocycles. The SMILES string of the molecule is CC1(N2C(=O)c3ccccc3S2(=O)=O)CCCNC1=O. The average Bonchev–Trinajstić information content (AvgIpc) is 2.62. The Balaban J connectivity index is 2.18. The van der Waals surface area contributed by atoms with Gasteiger partial charge in [0.25, 0.3) is 15.9 Å². The molecule has 20 heavy (non-hydrogen) atoms. The van der Waals surface area contributed by atoms with Crippen molar-refractivity contribution in [3.8, 4) is 0 Å². The third-order valence-corrected chi connectivity index (χ3v) is 5.84. The predicted octanol–water partition coefficient (Wildman–Crippen LogP) is 0.500. The van der Waals surface area contributed by atoms with Gasteiger partial charge in [-0.05, 0) is 31.9 Å². The molecule has 6 nitrogen and oxygen atoms in total. The molecule has 0 bridgehead atoms. The van der Waals surface area contributed by atoms with Crippen molar-refractivity contribution in [2.24, 2.45) is 0 Å². The molecule has 1 aromatic rings. The number of carbonyl (C=O) groups excluding carboxylic acids is 2. The van der Waals surface area contributed by atoms with Crippen LogP contribution >= 0.6 is 0 Å². The number of nitrogens with zero attached hydrogens (tertiary/aromatic N) is 1. The van der Waals surface area contributed by atoms with Gasteiger partial charge in [-0.1, -0.05) is 12.1 Å². The molecule has 2 aliphatic heterocycles. The van der Waals surface area contributed by atoms with Gasteiger partial charge in [0.1, 0.15) is 10.4 Å². The number of amides is 2. The maximum absolute atomic E-state index is 12.6. The molecule has 0 spiro atoms. The van der Waals surface area contributed by atoms with E-state index < -0.39 is 27.4 Å². The number of nitrogens with one attached hydrogen (secondary N) is 1. The van der Waals surface area contributed by atoms with Gasteiger partial charge in [0, 0.05) is 6.54 Å². The largest absolute Gasteiger partial charge is 0.354 e. The van der Waals surface area contributed by atoms with Crippen molar-refractivity contribution in [3.05, 3.63) is 29.8 Å². The quantitative estimate of drug-likeness (QED) is 0.817. The average molecular weight is 294 g/mol. The number of hydrogen-bond donors (Lipinski definition) is 1. The van der Waals surface area contributed by atoms with Crippen LogP contribution in [0.3, 0.4) is 0 Å². The Morgan fingerprint density at radius 1 is 1.25 bits per heavy atom. The minimum Gasteiger partial charge on any atom is -0.354 e. The highest BCUT2D eigenvalue weighted by molar-refractivity contribution is 7.90. The maximum atomic E-state index is 12.6. The van der Waals surface area contributed by atoms with Crippen LogP contribution in [0.15, 0.2) is 29.2 Å². The van der Waals surface area contributed by atoms with E-state index in [-0.39, 0.29) is 10.5 Å². The molecule has 2 amide bonds. The van der Waals surface area contributed by atoms with Crippen molar-refractivity contribution in [1.82, 2.24) is 9.62 Å². The Hall–Kier alpha value is -1.89. The van der Waals surface area contributed by atoms with E-state index in [1.807, 2.05) is 0 Å². The summed E-state index contributed by atoms with van der Waals surface area (Å²) in [5, 5.41) is 2.64. The molecule has 1 N–H and O–H groups in total. The highest BCUT2D eigenvalue weighted by Crippen LogP contribution is 2.38. The molecule has 1 fully saturated rings. The van der Waals surface area contributed by atoms with Gasteiger partial charge in [0.2, 0.25) is 5.91 Å². The summed E-state index contributed by atoms with van der Waals surface area (Å²) in [5.41, 5.74) is -1.22. The second-order valence-electron chi connectivity index (χ2n) is 5.20. The molecule has 0 saturated carbocycles. The van der Waals surface area contributed by atoms with Crippen molar-refractivity contribution >= 4 is 21.8 Å². The first-order valence-corrected chi connectivity index (χ1v) is 7.80. The van der Waals surface area contributed by atoms with Crippen LogP contribution in [0.5, 0.6) is 0 Å². The summed E-state index contributed by atoms with van der Waals surface area (Å²) < 4.78 is 25.9. The fourth-order valence-electron chi connectivity index (χ4n) is 2.81. The van der Waals surface area contributed by atoms with Crippen LogP contribution in [0.1, 0.15) is 30.1 Å². The molecule has 1 atom stereocenters. The topological polar surface area (TPSA) is 83.6 Å². The van der Waals surface area contributed by atoms with E-state index >= 15 is 0 Å². The summed E-state index contributed by atoms with van der Waals surface area (Å²) in [6, 6.07) is 6.04. The van der Waals surface area contributed by atoms with Crippen LogP contribution in [-0.2, 0) is 14.8 Å². The summed E-state index contributed by atoms with van der Waals surface area (Å²) in [7, 11) is -3.96. The zero-order chi connectivity index (χ0) is 14.5. The summed E-state index contributed by atoms with van der Waals surface area (Å²) in [6.07, 6.45) is 0.968. The number of piperidine rings is 1. The highest BCUT2D eigenvalue weighted by atomic mass is 32.2. The van der Waals surface area contributed by atoms with E-state index in [2.05, 4.69) is 5.32 Å². The molecule has 0 aliphatic carbocycles. The monoisotopic (exact) mass is 294 g/mol. The van der Waals surface area contributed by atoms with Gasteiger partial charge >= 0.3 is 0 Å². The van der Waals surface area contributed by atoms with E-state index in [1.165, 1.54) is 19.1 Å². The normalized spacial score (nSPS) is 28.1. The van der Waals surface area contributed by atoms with Gasteiger partial charge in [-0.15, -0.1) is 0 Å². The van der Waals surface area contributed by atoms with Crippen LogP contribution in [-0.4, -0.2) is 36.6 Å². The molecule has 1 unspecified atom stereocenters. The zero-order valence-corrected chi connectivity index (χ0v) is 11.7. The van der Waals surface area contributed by atoms with Gasteiger partial charge in [-0.3, -0.25) is 9.59 Å². The summed E-state index contributed by atoms with van der Waals surface area (Å²) in [5.74, 6) is -1.05. The fraction of sp³-hybridized carbons (Fsp3) is 0.385. The molecular formula is C13H14N2O4S. The molecule has 7 heteroatoms. The van der Waals surface area contributed by atoms with Crippen molar-refractivity contribution < 1.29 is 18.0 Å². The third-order valence-electron chi connectivity index (χ3n) is 3.88. The van der Waals surface area contributed by atoms with Crippen molar-refractivity contribution in [2.75, 3.05) is 6.54 Å². The second kappa shape index (κ2) is 4.05. The minimum absolute atomic E-state index is 0.0235. The highest BCUT2D eigenvalue weighted by Gasteiger charge is 2.54. The molecule has 1 saturated heterocycles. The van der Waals surface area contributed by atoms with E-state index in [4.69, 9.17) is 0 Å². The van der Waals surface area contributed by atoms with Gasteiger partial charge in [-0.25, -0.2) is 12.7 Å². The Kier molecular flexibility index (Phi) is 2.66. The number of fused-ring (bicyclic) bond motifs is 1. The van der Waals surface area contributed by atoms with Crippen LogP contribution in [0.4, 0.5) is 0 Å². The van der Waals surface area contributed by atoms with E-state index in [0.717, 1.165) is 4.31 Å². The number of carbonyl (C=O) groups is 2. The van der Waals surface area contributed by atoms with Crippen LogP contribution in [0.2, 0.25) is 0 Å². The van der Waals surface area contributed by atoms with Crippen molar-refractivity contribution in [2.45, 2.75) is 30.2 Å². The first kappa shape index (κ1) is 13.1. The van der Waals surface area contributed by atoms with E-state index in [9.17, 15) is 18.0 Å². The number of rotatable bonds is 1. The summed E-state index contributed by atoms with van der Waals surface area (Å²) in [6.45, 7) is 2.01. The van der Waals surface area contributed by atoms with Crippen molar-refractivity contribution in [1.29, 1.82) is 0 Å². The lowest BCUT2D eigenvalue weighted by Crippen LogP contribution is -2.61. The molecule has 106 valence electrons. The Bertz CT molecular complexity index is 713. The molecule has 2 heterocycles. The molecule has 1 aromatic carbocycles. The summed E-state index contributed by atoms with van der Waals surface area (Å²) in [4.78, 5) is 24.5. The molecule has 3 rings (SSSR count). The molecular weight excluding hydrogens is 280 g/mol. The number of hydrogen-bond acceptors (Lipinski definition) is 4. The number of sulfonamides is 1. The zero-order valence-electron chi connectivity index (χ0n) is 10.9. The fourth-order valence-corrected chi connectivity index (χ4v) is 4.71. The van der Waals surface area contributed by atoms with Gasteiger partial charge in [0.15, 0.2) is 0 Å². The smallest absolute Gasteiger partial charge is 0.270 e. The minimum atomic E-state index is -3.96. The third kappa shape index (κ3) is 1.53. The molecule has 2 aliphatic rings. The van der Waals surface area contributed by atoms with Gasteiger partial charge in [0.05, 0.1) is 5.56 Å². The van der Waals surface area contributed by atoms with E-state index in [1.54, 1.807) is 12.1 Å². The Morgan fingerprint density at radius 3 is 2.60 bits per heavy atom. The Morgan fingerprint density at radius 2 is 1.95 bits per heavy atom. The van der Waals surface area contributed by atoms with E-state index in [0.29, 0.717) is 19.4 Å². The lowest BCUT2D eigenvalue weighted by atomic mass is 9.91. The lowest BCUT2D eigenvalue weighted by Gasteiger charge is -2.38. The second-order valence-corrected chi connectivity index (χ2v) is 6.96. The van der Waals surface area contributed by atoms with Gasteiger partial charge < -0.3 is 5.32 Å². The standard InChI is InChI=1S/C13H14N2O4S/c1-13(7-4-8-14-12(13)17)15-11(16)9-5-2-3-6-10(9)20(15,18)19/h2-3,5-6H,4,7-8H2,1H3,(H,14,17). The van der Waals surface area contributed by atoms with Crippen LogP contribution < -0.4 is 5.32 Å². The predicted molar refractivity (Wildman–Crippen MR) is 70.4 cm³/mol. The number of benzene rings is 1. The Labute approximate surface area is 116 Å².